The highest BCUT2D eigenvalue weighted by molar-refractivity contribution is 9.10. The van der Waals surface area contributed by atoms with Crippen LogP contribution in [0.4, 0.5) is 5.69 Å². The summed E-state index contributed by atoms with van der Waals surface area (Å²) in [6.45, 7) is 8.66. The first-order chi connectivity index (χ1) is 9.52. The second-order valence-corrected chi connectivity index (χ2v) is 6.88. The molecule has 0 spiro atoms. The van der Waals surface area contributed by atoms with E-state index in [1.165, 1.54) is 11.3 Å². The summed E-state index contributed by atoms with van der Waals surface area (Å²) in [6.07, 6.45) is 1.15. The molecule has 2 atom stereocenters. The summed E-state index contributed by atoms with van der Waals surface area (Å²) in [5.41, 5.74) is 2.48. The van der Waals surface area contributed by atoms with Crippen LogP contribution >= 0.6 is 15.9 Å². The van der Waals surface area contributed by atoms with Crippen molar-refractivity contribution in [1.82, 2.24) is 5.32 Å². The van der Waals surface area contributed by atoms with Crippen LogP contribution in [-0.2, 0) is 6.54 Å². The Bertz CT molecular complexity index is 450. The van der Waals surface area contributed by atoms with E-state index < -0.39 is 0 Å². The fourth-order valence-electron chi connectivity index (χ4n) is 2.80. The summed E-state index contributed by atoms with van der Waals surface area (Å²) >= 11 is 3.69. The van der Waals surface area contributed by atoms with Crippen molar-refractivity contribution in [2.24, 2.45) is 5.92 Å². The molecule has 0 bridgehead atoms. The number of hydrogen-bond acceptors (Lipinski definition) is 3. The van der Waals surface area contributed by atoms with E-state index in [0.29, 0.717) is 12.0 Å². The van der Waals surface area contributed by atoms with Crippen molar-refractivity contribution in [3.8, 4) is 0 Å². The van der Waals surface area contributed by atoms with Crippen molar-refractivity contribution in [2.75, 3.05) is 18.1 Å². The molecule has 20 heavy (non-hydrogen) atoms. The third kappa shape index (κ3) is 3.54. The lowest BCUT2D eigenvalue weighted by Crippen LogP contribution is -2.35. The molecule has 2 rings (SSSR count). The molecule has 1 aromatic carbocycles. The minimum Gasteiger partial charge on any atom is -0.394 e. The standard InChI is InChI=1S/C16H25BrN2O/c1-11(2)18-9-13-4-5-15(14(17)8-13)19-7-6-12(3)16(19)10-20/h4-5,8,11-12,16,18,20H,6-7,9-10H2,1-3H3. The molecular formula is C16H25BrN2O. The van der Waals surface area contributed by atoms with Gasteiger partial charge in [0.2, 0.25) is 0 Å². The normalized spacial score (nSPS) is 22.8. The lowest BCUT2D eigenvalue weighted by atomic mass is 10.0. The topological polar surface area (TPSA) is 35.5 Å². The van der Waals surface area contributed by atoms with E-state index in [9.17, 15) is 5.11 Å². The van der Waals surface area contributed by atoms with Gasteiger partial charge in [-0.05, 0) is 46.0 Å². The average Bonchev–Trinajstić information content (AvgIpc) is 2.77. The predicted octanol–water partition coefficient (Wildman–Crippen LogP) is 3.15. The van der Waals surface area contributed by atoms with Gasteiger partial charge in [-0.1, -0.05) is 26.8 Å². The molecule has 1 aliphatic rings. The fourth-order valence-corrected chi connectivity index (χ4v) is 3.45. The molecule has 0 aliphatic carbocycles. The van der Waals surface area contributed by atoms with Gasteiger partial charge in [-0.15, -0.1) is 0 Å². The van der Waals surface area contributed by atoms with E-state index in [0.717, 1.165) is 24.0 Å². The zero-order valence-corrected chi connectivity index (χ0v) is 14.2. The maximum atomic E-state index is 9.59. The highest BCUT2D eigenvalue weighted by Gasteiger charge is 2.31. The van der Waals surface area contributed by atoms with Crippen LogP contribution in [0.2, 0.25) is 0 Å². The molecule has 0 saturated carbocycles. The van der Waals surface area contributed by atoms with E-state index in [1.807, 2.05) is 0 Å². The lowest BCUT2D eigenvalue weighted by Gasteiger charge is -2.28. The number of hydrogen-bond donors (Lipinski definition) is 2. The molecule has 1 aromatic rings. The van der Waals surface area contributed by atoms with E-state index in [4.69, 9.17) is 0 Å². The molecule has 0 aromatic heterocycles. The van der Waals surface area contributed by atoms with Crippen molar-refractivity contribution in [3.05, 3.63) is 28.2 Å². The summed E-state index contributed by atoms with van der Waals surface area (Å²) < 4.78 is 1.12. The lowest BCUT2D eigenvalue weighted by molar-refractivity contribution is 0.244. The van der Waals surface area contributed by atoms with Gasteiger partial charge in [-0.25, -0.2) is 0 Å². The first-order valence-electron chi connectivity index (χ1n) is 7.42. The second kappa shape index (κ2) is 6.92. The molecule has 1 aliphatic heterocycles. The Morgan fingerprint density at radius 1 is 1.45 bits per heavy atom. The minimum absolute atomic E-state index is 0.226. The van der Waals surface area contributed by atoms with Crippen LogP contribution in [-0.4, -0.2) is 30.3 Å². The van der Waals surface area contributed by atoms with Gasteiger partial charge in [0.1, 0.15) is 0 Å². The Morgan fingerprint density at radius 2 is 2.20 bits per heavy atom. The quantitative estimate of drug-likeness (QED) is 0.864. The Labute approximate surface area is 130 Å². The van der Waals surface area contributed by atoms with Gasteiger partial charge in [-0.2, -0.15) is 0 Å². The van der Waals surface area contributed by atoms with Crippen molar-refractivity contribution >= 4 is 21.6 Å². The smallest absolute Gasteiger partial charge is 0.0637 e. The van der Waals surface area contributed by atoms with Gasteiger partial charge in [0.25, 0.3) is 0 Å². The van der Waals surface area contributed by atoms with Crippen molar-refractivity contribution < 1.29 is 5.11 Å². The van der Waals surface area contributed by atoms with Crippen LogP contribution in [0.5, 0.6) is 0 Å². The minimum atomic E-state index is 0.226. The maximum absolute atomic E-state index is 9.59. The van der Waals surface area contributed by atoms with Gasteiger partial charge >= 0.3 is 0 Å². The molecule has 0 radical (unpaired) electrons. The number of benzene rings is 1. The molecular weight excluding hydrogens is 316 g/mol. The van der Waals surface area contributed by atoms with E-state index in [-0.39, 0.29) is 12.6 Å². The molecule has 3 nitrogen and oxygen atoms in total. The summed E-state index contributed by atoms with van der Waals surface area (Å²) in [5, 5.41) is 13.0. The van der Waals surface area contributed by atoms with Gasteiger partial charge in [0.15, 0.2) is 0 Å². The van der Waals surface area contributed by atoms with Crippen molar-refractivity contribution in [3.63, 3.8) is 0 Å². The van der Waals surface area contributed by atoms with E-state index >= 15 is 0 Å². The maximum Gasteiger partial charge on any atom is 0.0637 e. The summed E-state index contributed by atoms with van der Waals surface area (Å²) in [5.74, 6) is 0.550. The van der Waals surface area contributed by atoms with Crippen molar-refractivity contribution in [1.29, 1.82) is 0 Å². The first-order valence-corrected chi connectivity index (χ1v) is 8.21. The van der Waals surface area contributed by atoms with Crippen LogP contribution in [0.1, 0.15) is 32.8 Å². The Kier molecular flexibility index (Phi) is 5.47. The SMILES string of the molecule is CC(C)NCc1ccc(N2CCC(C)C2CO)c(Br)c1. The van der Waals surface area contributed by atoms with Crippen LogP contribution in [0.15, 0.2) is 22.7 Å². The Balaban J connectivity index is 2.13. The number of halogens is 1. The monoisotopic (exact) mass is 340 g/mol. The number of aliphatic hydroxyl groups excluding tert-OH is 1. The molecule has 1 heterocycles. The van der Waals surface area contributed by atoms with E-state index in [1.54, 1.807) is 0 Å². The van der Waals surface area contributed by atoms with Gasteiger partial charge in [0.05, 0.1) is 18.3 Å². The summed E-state index contributed by atoms with van der Waals surface area (Å²) in [7, 11) is 0. The third-order valence-corrected chi connectivity index (χ3v) is 4.74. The van der Waals surface area contributed by atoms with Gasteiger partial charge in [-0.3, -0.25) is 0 Å². The van der Waals surface area contributed by atoms with E-state index in [2.05, 4.69) is 65.1 Å². The van der Waals surface area contributed by atoms with Gasteiger partial charge in [0, 0.05) is 23.6 Å². The largest absolute Gasteiger partial charge is 0.394 e. The molecule has 2 N–H and O–H groups in total. The Hall–Kier alpha value is -0.580. The van der Waals surface area contributed by atoms with Crippen LogP contribution in [0, 0.1) is 5.92 Å². The first kappa shape index (κ1) is 15.8. The predicted molar refractivity (Wildman–Crippen MR) is 88.1 cm³/mol. The van der Waals surface area contributed by atoms with Crippen LogP contribution < -0.4 is 10.2 Å². The van der Waals surface area contributed by atoms with Crippen molar-refractivity contribution in [2.45, 2.75) is 45.8 Å². The molecule has 1 saturated heterocycles. The second-order valence-electron chi connectivity index (χ2n) is 6.03. The average molecular weight is 341 g/mol. The highest BCUT2D eigenvalue weighted by atomic mass is 79.9. The molecule has 1 fully saturated rings. The number of anilines is 1. The zero-order valence-electron chi connectivity index (χ0n) is 12.6. The number of nitrogens with one attached hydrogen (secondary N) is 1. The molecule has 0 amide bonds. The number of aliphatic hydroxyl groups is 1. The highest BCUT2D eigenvalue weighted by Crippen LogP contribution is 2.34. The molecule has 4 heteroatoms. The van der Waals surface area contributed by atoms with Crippen LogP contribution in [0.3, 0.4) is 0 Å². The summed E-state index contributed by atoms with van der Waals surface area (Å²) in [6, 6.07) is 7.26. The molecule has 112 valence electrons. The zero-order chi connectivity index (χ0) is 14.7. The van der Waals surface area contributed by atoms with Crippen LogP contribution in [0.25, 0.3) is 0 Å². The Morgan fingerprint density at radius 3 is 2.80 bits per heavy atom. The molecule has 2 unspecified atom stereocenters. The number of rotatable bonds is 5. The summed E-state index contributed by atoms with van der Waals surface area (Å²) in [4.78, 5) is 2.33. The fraction of sp³-hybridized carbons (Fsp3) is 0.625. The third-order valence-electron chi connectivity index (χ3n) is 4.11. The van der Waals surface area contributed by atoms with Gasteiger partial charge < -0.3 is 15.3 Å². The number of nitrogens with zero attached hydrogens (tertiary/aromatic N) is 1.